The van der Waals surface area contributed by atoms with E-state index in [4.69, 9.17) is 21.1 Å². The van der Waals surface area contributed by atoms with E-state index in [-0.39, 0.29) is 40.1 Å². The summed E-state index contributed by atoms with van der Waals surface area (Å²) in [5.74, 6) is -0.340. The average molecular weight is 486 g/mol. The van der Waals surface area contributed by atoms with Crippen LogP contribution in [0.3, 0.4) is 0 Å². The molecule has 0 atom stereocenters. The number of ether oxygens (including phenoxy) is 2. The number of rotatable bonds is 6. The summed E-state index contributed by atoms with van der Waals surface area (Å²) in [5.41, 5.74) is -0.368. The zero-order valence-electron chi connectivity index (χ0n) is 17.8. The topological polar surface area (TPSA) is 88.6 Å². The van der Waals surface area contributed by atoms with Crippen LogP contribution in [0.25, 0.3) is 0 Å². The largest absolute Gasteiger partial charge is 0.496 e. The standard InChI is InChI=1S/C21H23ClF3N5O3/c1-32-17-10-16(15(22)9-13(17)19(31)30-5-7-33-8-6-30)28-20-26-11-14(21(23,24)25)18(29-20)27-12-3-2-4-12/h9-12H,2-8H2,1H3,(H2,26,27,28,29). The number of carbonyl (C=O) groups is 1. The Morgan fingerprint density at radius 1 is 1.27 bits per heavy atom. The Bertz CT molecular complexity index is 1030. The van der Waals surface area contributed by atoms with Gasteiger partial charge in [0, 0.05) is 31.4 Å². The van der Waals surface area contributed by atoms with Crippen LogP contribution in [0, 0.1) is 0 Å². The SMILES string of the molecule is COc1cc(Nc2ncc(C(F)(F)F)c(NC3CCC3)n2)c(Cl)cc1C(=O)N1CCOCC1. The van der Waals surface area contributed by atoms with Crippen LogP contribution in [0.1, 0.15) is 35.2 Å². The van der Waals surface area contributed by atoms with Gasteiger partial charge in [0.1, 0.15) is 17.1 Å². The average Bonchev–Trinajstić information content (AvgIpc) is 2.77. The fourth-order valence-corrected chi connectivity index (χ4v) is 3.76. The van der Waals surface area contributed by atoms with Gasteiger partial charge in [-0.15, -0.1) is 0 Å². The van der Waals surface area contributed by atoms with Crippen molar-refractivity contribution in [3.63, 3.8) is 0 Å². The fourth-order valence-electron chi connectivity index (χ4n) is 3.55. The van der Waals surface area contributed by atoms with Crippen molar-refractivity contribution in [3.05, 3.63) is 34.5 Å². The first-order valence-electron chi connectivity index (χ1n) is 10.5. The monoisotopic (exact) mass is 485 g/mol. The number of hydrogen-bond donors (Lipinski definition) is 2. The molecule has 2 aliphatic rings. The molecule has 2 fully saturated rings. The van der Waals surface area contributed by atoms with Crippen molar-refractivity contribution in [2.75, 3.05) is 44.0 Å². The third-order valence-electron chi connectivity index (χ3n) is 5.60. The minimum Gasteiger partial charge on any atom is -0.496 e. The summed E-state index contributed by atoms with van der Waals surface area (Å²) in [6.07, 6.45) is -1.33. The summed E-state index contributed by atoms with van der Waals surface area (Å²) >= 11 is 6.39. The Morgan fingerprint density at radius 3 is 2.61 bits per heavy atom. The van der Waals surface area contributed by atoms with Crippen molar-refractivity contribution in [2.24, 2.45) is 0 Å². The predicted octanol–water partition coefficient (Wildman–Crippen LogP) is 4.34. The Balaban J connectivity index is 1.60. The minimum absolute atomic E-state index is 0.0528. The summed E-state index contributed by atoms with van der Waals surface area (Å²) in [5, 5.41) is 5.85. The number of morpholine rings is 1. The highest BCUT2D eigenvalue weighted by Crippen LogP contribution is 2.37. The van der Waals surface area contributed by atoms with Gasteiger partial charge in [0.25, 0.3) is 5.91 Å². The lowest BCUT2D eigenvalue weighted by Gasteiger charge is -2.28. The van der Waals surface area contributed by atoms with Gasteiger partial charge in [0.15, 0.2) is 0 Å². The number of halogens is 4. The molecule has 1 aromatic carbocycles. The van der Waals surface area contributed by atoms with Gasteiger partial charge in [-0.25, -0.2) is 4.98 Å². The van der Waals surface area contributed by atoms with E-state index in [1.54, 1.807) is 4.90 Å². The first kappa shape index (κ1) is 23.4. The Morgan fingerprint density at radius 2 is 2.00 bits per heavy atom. The number of benzene rings is 1. The van der Waals surface area contributed by atoms with Gasteiger partial charge in [-0.2, -0.15) is 18.2 Å². The van der Waals surface area contributed by atoms with Gasteiger partial charge in [-0.1, -0.05) is 11.6 Å². The van der Waals surface area contributed by atoms with Crippen molar-refractivity contribution in [2.45, 2.75) is 31.5 Å². The van der Waals surface area contributed by atoms with Crippen molar-refractivity contribution < 1.29 is 27.4 Å². The van der Waals surface area contributed by atoms with Gasteiger partial charge >= 0.3 is 6.18 Å². The van der Waals surface area contributed by atoms with Crippen molar-refractivity contribution >= 4 is 35.0 Å². The molecule has 1 saturated heterocycles. The lowest BCUT2D eigenvalue weighted by molar-refractivity contribution is -0.137. The molecule has 1 aromatic heterocycles. The Hall–Kier alpha value is -2.79. The third kappa shape index (κ3) is 5.25. The molecule has 0 spiro atoms. The minimum atomic E-state index is -4.59. The van der Waals surface area contributed by atoms with E-state index < -0.39 is 11.7 Å². The van der Waals surface area contributed by atoms with E-state index in [9.17, 15) is 18.0 Å². The first-order valence-corrected chi connectivity index (χ1v) is 10.9. The van der Waals surface area contributed by atoms with Crippen LogP contribution in [0.4, 0.5) is 30.6 Å². The second-order valence-corrected chi connectivity index (χ2v) is 8.19. The second-order valence-electron chi connectivity index (χ2n) is 7.79. The van der Waals surface area contributed by atoms with Crippen LogP contribution in [-0.2, 0) is 10.9 Å². The number of alkyl halides is 3. The predicted molar refractivity (Wildman–Crippen MR) is 116 cm³/mol. The Kier molecular flexibility index (Phi) is 6.80. The summed E-state index contributed by atoms with van der Waals surface area (Å²) in [4.78, 5) is 22.4. The quantitative estimate of drug-likeness (QED) is 0.629. The molecule has 1 aliphatic carbocycles. The maximum atomic E-state index is 13.4. The van der Waals surface area contributed by atoms with Crippen molar-refractivity contribution in [3.8, 4) is 5.75 Å². The van der Waals surface area contributed by atoms with Gasteiger partial charge in [0.2, 0.25) is 5.95 Å². The lowest BCUT2D eigenvalue weighted by Crippen LogP contribution is -2.40. The van der Waals surface area contributed by atoms with Gasteiger partial charge in [-0.3, -0.25) is 4.79 Å². The second kappa shape index (κ2) is 9.60. The van der Waals surface area contributed by atoms with E-state index in [1.807, 2.05) is 0 Å². The summed E-state index contributed by atoms with van der Waals surface area (Å²) in [6, 6.07) is 2.90. The van der Waals surface area contributed by atoms with Crippen LogP contribution in [0.5, 0.6) is 5.75 Å². The van der Waals surface area contributed by atoms with Crippen LogP contribution in [0.15, 0.2) is 18.3 Å². The lowest BCUT2D eigenvalue weighted by atomic mass is 9.93. The molecule has 178 valence electrons. The number of aromatic nitrogens is 2. The number of anilines is 3. The van der Waals surface area contributed by atoms with Crippen LogP contribution < -0.4 is 15.4 Å². The normalized spacial score (nSPS) is 16.8. The molecule has 8 nitrogen and oxygen atoms in total. The number of carbonyl (C=O) groups excluding carboxylic acids is 1. The Labute approximate surface area is 193 Å². The molecule has 0 radical (unpaired) electrons. The van der Waals surface area contributed by atoms with Crippen molar-refractivity contribution in [1.29, 1.82) is 0 Å². The fraction of sp³-hybridized carbons (Fsp3) is 0.476. The number of amides is 1. The van der Waals surface area contributed by atoms with Crippen LogP contribution >= 0.6 is 11.6 Å². The molecule has 2 N–H and O–H groups in total. The molecule has 33 heavy (non-hydrogen) atoms. The highest BCUT2D eigenvalue weighted by atomic mass is 35.5. The van der Waals surface area contributed by atoms with Gasteiger partial charge in [0.05, 0.1) is 36.6 Å². The number of hydrogen-bond acceptors (Lipinski definition) is 7. The molecule has 12 heteroatoms. The van der Waals surface area contributed by atoms with Crippen molar-refractivity contribution in [1.82, 2.24) is 14.9 Å². The molecule has 4 rings (SSSR count). The highest BCUT2D eigenvalue weighted by Gasteiger charge is 2.36. The van der Waals surface area contributed by atoms with Crippen LogP contribution in [-0.4, -0.2) is 60.2 Å². The molecular formula is C21H23ClF3N5O3. The summed E-state index contributed by atoms with van der Waals surface area (Å²) in [6.45, 7) is 1.80. The number of nitrogens with one attached hydrogen (secondary N) is 2. The molecule has 1 saturated carbocycles. The molecule has 1 amide bonds. The molecule has 0 bridgehead atoms. The molecule has 2 aromatic rings. The van der Waals surface area contributed by atoms with Gasteiger partial charge in [-0.05, 0) is 25.3 Å². The smallest absolute Gasteiger partial charge is 0.421 e. The highest BCUT2D eigenvalue weighted by molar-refractivity contribution is 6.33. The maximum absolute atomic E-state index is 13.4. The first-order chi connectivity index (χ1) is 15.8. The van der Waals surface area contributed by atoms with E-state index in [0.717, 1.165) is 25.5 Å². The van der Waals surface area contributed by atoms with E-state index in [2.05, 4.69) is 20.6 Å². The third-order valence-corrected chi connectivity index (χ3v) is 5.92. The molecule has 1 aliphatic heterocycles. The van der Waals surface area contributed by atoms with E-state index >= 15 is 0 Å². The van der Waals surface area contributed by atoms with Gasteiger partial charge < -0.3 is 25.0 Å². The van der Waals surface area contributed by atoms with E-state index in [0.29, 0.717) is 32.0 Å². The maximum Gasteiger partial charge on any atom is 0.421 e. The van der Waals surface area contributed by atoms with Crippen LogP contribution in [0.2, 0.25) is 5.02 Å². The van der Waals surface area contributed by atoms with E-state index in [1.165, 1.54) is 19.2 Å². The molecular weight excluding hydrogens is 463 g/mol. The molecule has 2 heterocycles. The zero-order chi connectivity index (χ0) is 23.6. The summed E-state index contributed by atoms with van der Waals surface area (Å²) in [7, 11) is 1.42. The molecule has 0 unspecified atom stereocenters. The number of nitrogens with zero attached hydrogens (tertiary/aromatic N) is 3. The zero-order valence-corrected chi connectivity index (χ0v) is 18.6. The number of methoxy groups -OCH3 is 1. The summed E-state index contributed by atoms with van der Waals surface area (Å²) < 4.78 is 50.8.